The molecule has 24 heavy (non-hydrogen) atoms. The largest absolute Gasteiger partial charge is 0.457 e. The van der Waals surface area contributed by atoms with E-state index in [-0.39, 0.29) is 5.82 Å². The molecular weight excluding hydrogens is 371 g/mol. The second-order valence-electron chi connectivity index (χ2n) is 6.19. The molecule has 1 aliphatic carbocycles. The van der Waals surface area contributed by atoms with Gasteiger partial charge in [0.15, 0.2) is 0 Å². The Labute approximate surface area is 150 Å². The van der Waals surface area contributed by atoms with Crippen LogP contribution in [0, 0.1) is 25.6 Å². The van der Waals surface area contributed by atoms with Crippen LogP contribution in [0.1, 0.15) is 24.0 Å². The van der Waals surface area contributed by atoms with Gasteiger partial charge in [-0.3, -0.25) is 4.99 Å². The third-order valence-electron chi connectivity index (χ3n) is 4.01. The molecule has 0 atom stereocenters. The predicted molar refractivity (Wildman–Crippen MR) is 99.8 cm³/mol. The van der Waals surface area contributed by atoms with E-state index in [1.54, 1.807) is 18.5 Å². The molecule has 0 aromatic heterocycles. The first kappa shape index (κ1) is 17.0. The van der Waals surface area contributed by atoms with Gasteiger partial charge in [-0.2, -0.15) is 0 Å². The summed E-state index contributed by atoms with van der Waals surface area (Å²) in [5.74, 6) is 1.64. The van der Waals surface area contributed by atoms with Gasteiger partial charge in [0.05, 0.1) is 10.8 Å². The van der Waals surface area contributed by atoms with Crippen molar-refractivity contribution < 1.29 is 9.13 Å². The van der Waals surface area contributed by atoms with Crippen molar-refractivity contribution >= 4 is 28.0 Å². The molecule has 2 aromatic carbocycles. The highest BCUT2D eigenvalue weighted by molar-refractivity contribution is 9.10. The normalized spacial score (nSPS) is 14.2. The maximum Gasteiger partial charge on any atom is 0.141 e. The van der Waals surface area contributed by atoms with Crippen LogP contribution in [-0.2, 0) is 0 Å². The number of anilines is 1. The van der Waals surface area contributed by atoms with Gasteiger partial charge in [0.2, 0.25) is 0 Å². The highest BCUT2D eigenvalue weighted by atomic mass is 79.9. The van der Waals surface area contributed by atoms with Gasteiger partial charge in [-0.15, -0.1) is 0 Å². The fourth-order valence-corrected chi connectivity index (χ4v) is 2.59. The number of aryl methyl sites for hydroxylation is 2. The number of benzene rings is 2. The van der Waals surface area contributed by atoms with Crippen LogP contribution in [0.4, 0.5) is 10.1 Å². The molecule has 1 aliphatic rings. The zero-order valence-corrected chi connectivity index (χ0v) is 15.4. The topological polar surface area (TPSA) is 33.6 Å². The average Bonchev–Trinajstić information content (AvgIpc) is 3.36. The third kappa shape index (κ3) is 4.35. The molecule has 0 saturated heterocycles. The van der Waals surface area contributed by atoms with E-state index in [1.165, 1.54) is 18.9 Å². The molecule has 1 saturated carbocycles. The van der Waals surface area contributed by atoms with Crippen LogP contribution < -0.4 is 10.1 Å². The summed E-state index contributed by atoms with van der Waals surface area (Å²) in [6.45, 7) is 4.88. The van der Waals surface area contributed by atoms with Gasteiger partial charge < -0.3 is 10.1 Å². The quantitative estimate of drug-likeness (QED) is 0.495. The van der Waals surface area contributed by atoms with E-state index in [9.17, 15) is 4.39 Å². The molecule has 3 rings (SSSR count). The molecule has 0 heterocycles. The summed E-state index contributed by atoms with van der Waals surface area (Å²) in [6, 6.07) is 8.71. The second kappa shape index (κ2) is 7.34. The number of rotatable bonds is 6. The number of nitrogens with zero attached hydrogens (tertiary/aromatic N) is 1. The van der Waals surface area contributed by atoms with E-state index in [2.05, 4.69) is 26.2 Å². The van der Waals surface area contributed by atoms with Crippen LogP contribution >= 0.6 is 15.9 Å². The minimum absolute atomic E-state index is 0.341. The lowest BCUT2D eigenvalue weighted by Crippen LogP contribution is -2.00. The summed E-state index contributed by atoms with van der Waals surface area (Å²) in [5, 5.41) is 3.23. The zero-order valence-electron chi connectivity index (χ0n) is 13.8. The number of hydrogen-bond donors (Lipinski definition) is 1. The van der Waals surface area contributed by atoms with Gasteiger partial charge in [-0.05, 0) is 83.9 Å². The van der Waals surface area contributed by atoms with Crippen LogP contribution in [0.2, 0.25) is 0 Å². The Hall–Kier alpha value is -1.88. The SMILES string of the molecule is Cc1cc(Oc2ccc(Br)c(F)c2)c(C)cc1NC=NCC1CC1. The van der Waals surface area contributed by atoms with E-state index >= 15 is 0 Å². The summed E-state index contributed by atoms with van der Waals surface area (Å²) in [4.78, 5) is 4.39. The van der Waals surface area contributed by atoms with Crippen LogP contribution in [0.15, 0.2) is 39.8 Å². The Morgan fingerprint density at radius 3 is 2.75 bits per heavy atom. The molecule has 5 heteroatoms. The summed E-state index contributed by atoms with van der Waals surface area (Å²) in [5.41, 5.74) is 3.02. The van der Waals surface area contributed by atoms with Crippen molar-refractivity contribution in [2.75, 3.05) is 11.9 Å². The van der Waals surface area contributed by atoms with Gasteiger partial charge >= 0.3 is 0 Å². The molecular formula is C19H20BrFN2O. The smallest absolute Gasteiger partial charge is 0.141 e. The maximum atomic E-state index is 13.6. The minimum atomic E-state index is -0.341. The maximum absolute atomic E-state index is 13.6. The second-order valence-corrected chi connectivity index (χ2v) is 7.05. The Balaban J connectivity index is 1.70. The minimum Gasteiger partial charge on any atom is -0.457 e. The number of aliphatic imine (C=N–C) groups is 1. The van der Waals surface area contributed by atoms with E-state index < -0.39 is 0 Å². The Morgan fingerprint density at radius 2 is 2.04 bits per heavy atom. The fraction of sp³-hybridized carbons (Fsp3) is 0.316. The molecule has 0 aliphatic heterocycles. The van der Waals surface area contributed by atoms with E-state index in [1.807, 2.05) is 26.0 Å². The van der Waals surface area contributed by atoms with Crippen LogP contribution in [0.25, 0.3) is 0 Å². The van der Waals surface area contributed by atoms with Crippen molar-refractivity contribution in [3.8, 4) is 11.5 Å². The van der Waals surface area contributed by atoms with Crippen molar-refractivity contribution in [2.45, 2.75) is 26.7 Å². The Bertz CT molecular complexity index is 772. The molecule has 0 radical (unpaired) electrons. The molecule has 2 aromatic rings. The van der Waals surface area contributed by atoms with Crippen molar-refractivity contribution in [3.63, 3.8) is 0 Å². The summed E-state index contributed by atoms with van der Waals surface area (Å²) >= 11 is 3.14. The highest BCUT2D eigenvalue weighted by Gasteiger charge is 2.19. The third-order valence-corrected chi connectivity index (χ3v) is 4.66. The number of nitrogens with one attached hydrogen (secondary N) is 1. The van der Waals surface area contributed by atoms with Crippen molar-refractivity contribution in [1.82, 2.24) is 0 Å². The first-order valence-electron chi connectivity index (χ1n) is 8.02. The summed E-state index contributed by atoms with van der Waals surface area (Å²) in [6.07, 6.45) is 4.38. The monoisotopic (exact) mass is 390 g/mol. The lowest BCUT2D eigenvalue weighted by atomic mass is 10.1. The summed E-state index contributed by atoms with van der Waals surface area (Å²) in [7, 11) is 0. The molecule has 126 valence electrons. The molecule has 0 unspecified atom stereocenters. The fourth-order valence-electron chi connectivity index (χ4n) is 2.34. The van der Waals surface area contributed by atoms with Crippen molar-refractivity contribution in [1.29, 1.82) is 0 Å². The van der Waals surface area contributed by atoms with Gasteiger partial charge in [0.25, 0.3) is 0 Å². The standard InChI is InChI=1S/C19H20BrFN2O/c1-12-8-19(24-15-5-6-16(20)17(21)9-15)13(2)7-18(12)23-11-22-10-14-3-4-14/h5-9,11,14H,3-4,10H2,1-2H3,(H,22,23). The van der Waals surface area contributed by atoms with Crippen LogP contribution in [-0.4, -0.2) is 12.9 Å². The summed E-state index contributed by atoms with van der Waals surface area (Å²) < 4.78 is 19.9. The lowest BCUT2D eigenvalue weighted by molar-refractivity contribution is 0.472. The van der Waals surface area contributed by atoms with Crippen molar-refractivity contribution in [3.05, 3.63) is 51.7 Å². The van der Waals surface area contributed by atoms with Crippen LogP contribution in [0.5, 0.6) is 11.5 Å². The van der Waals surface area contributed by atoms with Crippen molar-refractivity contribution in [2.24, 2.45) is 10.9 Å². The van der Waals surface area contributed by atoms with E-state index in [0.29, 0.717) is 10.2 Å². The molecule has 0 bridgehead atoms. The Kier molecular flexibility index (Phi) is 5.19. The molecule has 0 amide bonds. The molecule has 0 spiro atoms. The molecule has 1 fully saturated rings. The average molecular weight is 391 g/mol. The lowest BCUT2D eigenvalue weighted by Gasteiger charge is -2.13. The number of ether oxygens (including phenoxy) is 1. The first-order valence-corrected chi connectivity index (χ1v) is 8.81. The van der Waals surface area contributed by atoms with E-state index in [0.717, 1.165) is 35.0 Å². The zero-order chi connectivity index (χ0) is 17.1. The molecule has 3 nitrogen and oxygen atoms in total. The van der Waals surface area contributed by atoms with Crippen LogP contribution in [0.3, 0.4) is 0 Å². The van der Waals surface area contributed by atoms with Gasteiger partial charge in [0.1, 0.15) is 17.3 Å². The van der Waals surface area contributed by atoms with E-state index in [4.69, 9.17) is 4.74 Å². The Morgan fingerprint density at radius 1 is 1.25 bits per heavy atom. The number of hydrogen-bond acceptors (Lipinski definition) is 2. The van der Waals surface area contributed by atoms with Gasteiger partial charge in [0, 0.05) is 18.3 Å². The predicted octanol–water partition coefficient (Wildman–Crippen LogP) is 5.85. The number of halogens is 2. The van der Waals surface area contributed by atoms with Gasteiger partial charge in [-0.1, -0.05) is 0 Å². The van der Waals surface area contributed by atoms with Gasteiger partial charge in [-0.25, -0.2) is 4.39 Å². The highest BCUT2D eigenvalue weighted by Crippen LogP contribution is 2.31. The first-order chi connectivity index (χ1) is 11.5. The molecule has 1 N–H and O–H groups in total.